The van der Waals surface area contributed by atoms with Crippen LogP contribution in [0.5, 0.6) is 17.2 Å². The zero-order valence-corrected chi connectivity index (χ0v) is 25.8. The number of rotatable bonds is 18. The molecule has 0 fully saturated rings. The van der Waals surface area contributed by atoms with E-state index in [1.54, 1.807) is 66.4 Å². The van der Waals surface area contributed by atoms with Crippen LogP contribution in [0.2, 0.25) is 10.0 Å². The number of methoxy groups -OCH3 is 1. The number of benzene rings is 3. The number of para-hydroxylation sites is 2. The fraction of sp³-hybridized carbons (Fsp3) is 0.375. The maximum atomic E-state index is 13.1. The molecule has 0 aliphatic rings. The van der Waals surface area contributed by atoms with Crippen molar-refractivity contribution in [3.63, 3.8) is 0 Å². The van der Waals surface area contributed by atoms with Gasteiger partial charge in [0.25, 0.3) is 0 Å². The Bertz CT molecular complexity index is 1280. The average Bonchev–Trinajstić information content (AvgIpc) is 2.98. The summed E-state index contributed by atoms with van der Waals surface area (Å²) in [6.07, 6.45) is 0.224. The second kappa shape index (κ2) is 18.2. The van der Waals surface area contributed by atoms with Crippen molar-refractivity contribution in [2.24, 2.45) is 0 Å². The van der Waals surface area contributed by atoms with Crippen LogP contribution in [-0.4, -0.2) is 68.2 Å². The lowest BCUT2D eigenvalue weighted by atomic mass is 10.1. The van der Waals surface area contributed by atoms with Gasteiger partial charge in [-0.05, 0) is 73.4 Å². The number of hydrogen-bond donors (Lipinski definition) is 1. The number of unbranched alkanes of at least 4 members (excludes halogenated alkanes) is 1. The summed E-state index contributed by atoms with van der Waals surface area (Å²) in [4.78, 5) is 26.1. The zero-order chi connectivity index (χ0) is 31.0. The monoisotopic (exact) mass is 633 g/mol. The van der Waals surface area contributed by atoms with Gasteiger partial charge in [0.15, 0.2) is 17.6 Å². The van der Waals surface area contributed by atoms with E-state index in [1.165, 1.54) is 7.11 Å². The van der Waals surface area contributed by atoms with Crippen molar-refractivity contribution in [3.8, 4) is 17.2 Å². The van der Waals surface area contributed by atoms with Crippen LogP contribution in [-0.2, 0) is 27.3 Å². The molecule has 43 heavy (non-hydrogen) atoms. The van der Waals surface area contributed by atoms with Crippen molar-refractivity contribution < 1.29 is 38.4 Å². The van der Waals surface area contributed by atoms with E-state index in [2.05, 4.69) is 0 Å². The van der Waals surface area contributed by atoms with E-state index >= 15 is 0 Å². The summed E-state index contributed by atoms with van der Waals surface area (Å²) < 4.78 is 27.9. The molecular weight excluding hydrogens is 597 g/mol. The zero-order valence-electron chi connectivity index (χ0n) is 24.3. The SMILES string of the molecule is CCOC(Cc1ccc(OCCN(CCCCOCc2cc(Cl)cc(Cl)c2)C(=O)Oc2ccccc2OC)cc1)C(=O)O. The molecule has 11 heteroatoms. The molecule has 0 aromatic heterocycles. The third-order valence-electron chi connectivity index (χ3n) is 6.30. The highest BCUT2D eigenvalue weighted by Crippen LogP contribution is 2.26. The molecule has 0 radical (unpaired) electrons. The van der Waals surface area contributed by atoms with E-state index in [1.807, 2.05) is 12.1 Å². The minimum Gasteiger partial charge on any atom is -0.493 e. The lowest BCUT2D eigenvalue weighted by Gasteiger charge is -2.22. The number of nitrogens with zero attached hydrogens (tertiary/aromatic N) is 1. The maximum Gasteiger partial charge on any atom is 0.415 e. The first-order valence-electron chi connectivity index (χ1n) is 14.0. The van der Waals surface area contributed by atoms with Gasteiger partial charge in [0.1, 0.15) is 12.4 Å². The first-order chi connectivity index (χ1) is 20.8. The van der Waals surface area contributed by atoms with Gasteiger partial charge in [-0.15, -0.1) is 0 Å². The molecule has 3 rings (SSSR count). The van der Waals surface area contributed by atoms with Crippen LogP contribution in [0.3, 0.4) is 0 Å². The van der Waals surface area contributed by atoms with Crippen LogP contribution in [0.4, 0.5) is 4.79 Å². The van der Waals surface area contributed by atoms with Crippen LogP contribution in [0.25, 0.3) is 0 Å². The third-order valence-corrected chi connectivity index (χ3v) is 6.74. The molecule has 1 amide bonds. The largest absolute Gasteiger partial charge is 0.493 e. The van der Waals surface area contributed by atoms with Crippen LogP contribution < -0.4 is 14.2 Å². The summed E-state index contributed by atoms with van der Waals surface area (Å²) in [5.74, 6) is 0.377. The Hall–Kier alpha value is -3.50. The van der Waals surface area contributed by atoms with Crippen LogP contribution in [0.15, 0.2) is 66.7 Å². The summed E-state index contributed by atoms with van der Waals surface area (Å²) in [5.41, 5.74) is 1.71. The Morgan fingerprint density at radius 2 is 1.58 bits per heavy atom. The number of aliphatic carboxylic acids is 1. The standard InChI is InChI=1S/C32H37Cl2NO8/c1-3-41-30(31(36)37)20-23-10-12-27(13-11-23)42-17-15-35(32(38)43-29-9-5-4-8-28(29)39-2)14-6-7-16-40-22-24-18-25(33)21-26(34)19-24/h4-5,8-13,18-19,21,30H,3,6-7,14-17,20,22H2,1-2H3,(H,36,37). The van der Waals surface area contributed by atoms with Gasteiger partial charge >= 0.3 is 12.1 Å². The quantitative estimate of drug-likeness (QED) is 0.151. The van der Waals surface area contributed by atoms with Crippen LogP contribution in [0.1, 0.15) is 30.9 Å². The summed E-state index contributed by atoms with van der Waals surface area (Å²) in [5, 5.41) is 10.4. The first kappa shape index (κ1) is 34.0. The number of carboxylic acid groups (broad SMARTS) is 1. The van der Waals surface area contributed by atoms with Gasteiger partial charge in [-0.1, -0.05) is 47.5 Å². The second-order valence-corrected chi connectivity index (χ2v) is 10.4. The summed E-state index contributed by atoms with van der Waals surface area (Å²) in [7, 11) is 1.51. The third kappa shape index (κ3) is 12.0. The molecule has 0 saturated heterocycles. The minimum absolute atomic E-state index is 0.225. The number of hydrogen-bond acceptors (Lipinski definition) is 7. The van der Waals surface area contributed by atoms with Crippen molar-refractivity contribution in [3.05, 3.63) is 87.9 Å². The summed E-state index contributed by atoms with van der Waals surface area (Å²) >= 11 is 12.1. The number of carbonyl (C=O) groups excluding carboxylic acids is 1. The second-order valence-electron chi connectivity index (χ2n) is 9.52. The van der Waals surface area contributed by atoms with E-state index in [9.17, 15) is 14.7 Å². The minimum atomic E-state index is -1.00. The van der Waals surface area contributed by atoms with E-state index in [0.29, 0.717) is 66.5 Å². The number of amides is 1. The van der Waals surface area contributed by atoms with Gasteiger partial charge in [-0.2, -0.15) is 0 Å². The predicted molar refractivity (Wildman–Crippen MR) is 165 cm³/mol. The molecular formula is C32H37Cl2NO8. The predicted octanol–water partition coefficient (Wildman–Crippen LogP) is 6.91. The van der Waals surface area contributed by atoms with Crippen molar-refractivity contribution in [1.29, 1.82) is 0 Å². The highest BCUT2D eigenvalue weighted by Gasteiger charge is 2.19. The molecule has 3 aromatic carbocycles. The number of carbonyl (C=O) groups is 2. The Morgan fingerprint density at radius 3 is 2.23 bits per heavy atom. The van der Waals surface area contributed by atoms with E-state index < -0.39 is 18.2 Å². The van der Waals surface area contributed by atoms with Gasteiger partial charge in [0.05, 0.1) is 20.3 Å². The molecule has 0 heterocycles. The highest BCUT2D eigenvalue weighted by molar-refractivity contribution is 6.34. The Labute approximate surface area is 262 Å². The average molecular weight is 635 g/mol. The van der Waals surface area contributed by atoms with Crippen LogP contribution >= 0.6 is 23.2 Å². The van der Waals surface area contributed by atoms with Crippen molar-refractivity contribution >= 4 is 35.3 Å². The Balaban J connectivity index is 1.52. The number of ether oxygens (including phenoxy) is 5. The fourth-order valence-corrected chi connectivity index (χ4v) is 4.75. The Kier molecular flexibility index (Phi) is 14.4. The fourth-order valence-electron chi connectivity index (χ4n) is 4.18. The first-order valence-corrected chi connectivity index (χ1v) is 14.7. The molecule has 1 unspecified atom stereocenters. The molecule has 0 aliphatic heterocycles. The normalized spacial score (nSPS) is 11.5. The lowest BCUT2D eigenvalue weighted by molar-refractivity contribution is -0.149. The van der Waals surface area contributed by atoms with E-state index in [0.717, 1.165) is 11.1 Å². The van der Waals surface area contributed by atoms with Gasteiger partial charge in [-0.25, -0.2) is 9.59 Å². The van der Waals surface area contributed by atoms with Crippen molar-refractivity contribution in [2.45, 2.75) is 38.9 Å². The van der Waals surface area contributed by atoms with Gasteiger partial charge in [0, 0.05) is 36.2 Å². The van der Waals surface area contributed by atoms with Crippen molar-refractivity contribution in [2.75, 3.05) is 40.0 Å². The molecule has 9 nitrogen and oxygen atoms in total. The molecule has 0 bridgehead atoms. The van der Waals surface area contributed by atoms with Gasteiger partial charge < -0.3 is 33.7 Å². The molecule has 1 atom stereocenters. The van der Waals surface area contributed by atoms with Crippen LogP contribution in [0, 0.1) is 0 Å². The molecule has 0 spiro atoms. The smallest absolute Gasteiger partial charge is 0.415 e. The topological polar surface area (TPSA) is 104 Å². The molecule has 3 aromatic rings. The Morgan fingerprint density at radius 1 is 0.884 bits per heavy atom. The summed E-state index contributed by atoms with van der Waals surface area (Å²) in [6.45, 7) is 3.89. The van der Waals surface area contributed by atoms with Crippen molar-refractivity contribution in [1.82, 2.24) is 4.90 Å². The van der Waals surface area contributed by atoms with E-state index in [4.69, 9.17) is 46.9 Å². The summed E-state index contributed by atoms with van der Waals surface area (Å²) in [6, 6.07) is 19.4. The van der Waals surface area contributed by atoms with Gasteiger partial charge in [-0.3, -0.25) is 0 Å². The molecule has 0 aliphatic carbocycles. The molecule has 232 valence electrons. The maximum absolute atomic E-state index is 13.1. The molecule has 1 N–H and O–H groups in total. The molecule has 0 saturated carbocycles. The lowest BCUT2D eigenvalue weighted by Crippen LogP contribution is -2.37. The highest BCUT2D eigenvalue weighted by atomic mass is 35.5. The number of halogens is 2. The van der Waals surface area contributed by atoms with Gasteiger partial charge in [0.2, 0.25) is 0 Å². The van der Waals surface area contributed by atoms with E-state index in [-0.39, 0.29) is 19.6 Å². The number of carboxylic acids is 1.